The highest BCUT2D eigenvalue weighted by atomic mass is 16.5. The first-order chi connectivity index (χ1) is 12.2. The fourth-order valence-electron chi connectivity index (χ4n) is 4.37. The predicted octanol–water partition coefficient (Wildman–Crippen LogP) is 4.99. The molecule has 4 heteroatoms. The summed E-state index contributed by atoms with van der Waals surface area (Å²) in [6, 6.07) is 0.815. The Bertz CT molecular complexity index is 380. The minimum absolute atomic E-state index is 0.185. The van der Waals surface area contributed by atoms with Crippen molar-refractivity contribution in [2.75, 3.05) is 6.61 Å². The van der Waals surface area contributed by atoms with E-state index in [1.165, 1.54) is 38.5 Å². The average molecular weight is 352 g/mol. The number of carbonyl (C=O) groups excluding carboxylic acids is 2. The smallest absolute Gasteiger partial charge is 0.306 e. The summed E-state index contributed by atoms with van der Waals surface area (Å²) in [5.74, 6) is -0.0269. The molecule has 0 radical (unpaired) electrons. The highest BCUT2D eigenvalue weighted by Gasteiger charge is 2.32. The zero-order chi connectivity index (χ0) is 17.9. The molecule has 0 aromatic rings. The van der Waals surface area contributed by atoms with E-state index in [1.54, 1.807) is 0 Å². The van der Waals surface area contributed by atoms with E-state index in [4.69, 9.17) is 4.74 Å². The third-order valence-corrected chi connectivity index (χ3v) is 5.78. The number of nitrogens with zero attached hydrogens (tertiary/aromatic N) is 1. The van der Waals surface area contributed by atoms with Crippen LogP contribution in [0, 0.1) is 0 Å². The van der Waals surface area contributed by atoms with E-state index >= 15 is 0 Å². The van der Waals surface area contributed by atoms with E-state index in [0.29, 0.717) is 25.1 Å². The summed E-state index contributed by atoms with van der Waals surface area (Å²) in [5, 5.41) is 0. The van der Waals surface area contributed by atoms with Crippen LogP contribution in [0.5, 0.6) is 0 Å². The molecule has 2 aliphatic rings. The van der Waals surface area contributed by atoms with Crippen LogP contribution >= 0.6 is 0 Å². The molecule has 1 amide bonds. The molecule has 0 N–H and O–H groups in total. The lowest BCUT2D eigenvalue weighted by Crippen LogP contribution is -2.48. The largest absolute Gasteiger partial charge is 0.466 e. The van der Waals surface area contributed by atoms with Gasteiger partial charge in [-0.25, -0.2) is 0 Å². The highest BCUT2D eigenvalue weighted by molar-refractivity contribution is 5.81. The van der Waals surface area contributed by atoms with E-state index in [1.807, 2.05) is 0 Å². The SMILES string of the molecule is CCCCCOC(=O)CCC(=O)N(C1CCCCC1)C1CCCCC1. The molecule has 25 heavy (non-hydrogen) atoms. The fourth-order valence-corrected chi connectivity index (χ4v) is 4.37. The molecular weight excluding hydrogens is 314 g/mol. The predicted molar refractivity (Wildman–Crippen MR) is 100 cm³/mol. The van der Waals surface area contributed by atoms with Crippen molar-refractivity contribution in [3.8, 4) is 0 Å². The van der Waals surface area contributed by atoms with Crippen molar-refractivity contribution < 1.29 is 14.3 Å². The maximum absolute atomic E-state index is 12.9. The van der Waals surface area contributed by atoms with E-state index in [0.717, 1.165) is 44.9 Å². The zero-order valence-electron chi connectivity index (χ0n) is 16.1. The number of unbranched alkanes of at least 4 members (excludes halogenated alkanes) is 2. The molecule has 0 atom stereocenters. The van der Waals surface area contributed by atoms with Crippen LogP contribution in [0.3, 0.4) is 0 Å². The maximum Gasteiger partial charge on any atom is 0.306 e. The summed E-state index contributed by atoms with van der Waals surface area (Å²) < 4.78 is 5.26. The second-order valence-electron chi connectivity index (χ2n) is 7.81. The van der Waals surface area contributed by atoms with Crippen molar-refractivity contribution >= 4 is 11.9 Å². The van der Waals surface area contributed by atoms with Crippen LogP contribution in [-0.4, -0.2) is 35.5 Å². The third-order valence-electron chi connectivity index (χ3n) is 5.78. The lowest BCUT2D eigenvalue weighted by molar-refractivity contribution is -0.148. The topological polar surface area (TPSA) is 46.6 Å². The molecule has 0 spiro atoms. The first kappa shape index (κ1) is 20.3. The van der Waals surface area contributed by atoms with Gasteiger partial charge >= 0.3 is 5.97 Å². The van der Waals surface area contributed by atoms with E-state index in [-0.39, 0.29) is 18.3 Å². The molecule has 0 heterocycles. The van der Waals surface area contributed by atoms with Gasteiger partial charge < -0.3 is 9.64 Å². The summed E-state index contributed by atoms with van der Waals surface area (Å²) >= 11 is 0. The molecule has 2 fully saturated rings. The average Bonchev–Trinajstić information content (AvgIpc) is 2.65. The minimum Gasteiger partial charge on any atom is -0.466 e. The summed E-state index contributed by atoms with van der Waals surface area (Å²) in [7, 11) is 0. The molecular formula is C21H37NO3. The molecule has 0 bridgehead atoms. The van der Waals surface area contributed by atoms with Crippen molar-refractivity contribution in [1.82, 2.24) is 4.90 Å². The minimum atomic E-state index is -0.211. The van der Waals surface area contributed by atoms with Gasteiger partial charge in [0.1, 0.15) is 0 Å². The van der Waals surface area contributed by atoms with Crippen molar-refractivity contribution in [3.05, 3.63) is 0 Å². The van der Waals surface area contributed by atoms with Gasteiger partial charge in [0.05, 0.1) is 13.0 Å². The summed E-state index contributed by atoms with van der Waals surface area (Å²) in [4.78, 5) is 27.0. The van der Waals surface area contributed by atoms with Crippen molar-refractivity contribution in [2.24, 2.45) is 0 Å². The van der Waals surface area contributed by atoms with Gasteiger partial charge in [-0.1, -0.05) is 58.3 Å². The molecule has 0 saturated heterocycles. The van der Waals surface area contributed by atoms with Gasteiger partial charge in [0.2, 0.25) is 5.91 Å². The molecule has 0 aliphatic heterocycles. The Kier molecular flexibility index (Phi) is 9.35. The molecule has 2 saturated carbocycles. The summed E-state index contributed by atoms with van der Waals surface area (Å²) in [6.07, 6.45) is 15.8. The van der Waals surface area contributed by atoms with Crippen LogP contribution in [0.2, 0.25) is 0 Å². The van der Waals surface area contributed by atoms with Crippen molar-refractivity contribution in [1.29, 1.82) is 0 Å². The van der Waals surface area contributed by atoms with Gasteiger partial charge in [0.25, 0.3) is 0 Å². The number of hydrogen-bond acceptors (Lipinski definition) is 3. The molecule has 144 valence electrons. The van der Waals surface area contributed by atoms with Crippen LogP contribution in [0.25, 0.3) is 0 Å². The standard InChI is InChI=1S/C21H37NO3/c1-2-3-10-17-25-21(24)16-15-20(23)22(18-11-6-4-7-12-18)19-13-8-5-9-14-19/h18-19H,2-17H2,1H3. The zero-order valence-corrected chi connectivity index (χ0v) is 16.1. The van der Waals surface area contributed by atoms with Crippen LogP contribution in [0.1, 0.15) is 103 Å². The second-order valence-corrected chi connectivity index (χ2v) is 7.81. The number of rotatable bonds is 9. The highest BCUT2D eigenvalue weighted by Crippen LogP contribution is 2.30. The summed E-state index contributed by atoms with van der Waals surface area (Å²) in [5.41, 5.74) is 0. The van der Waals surface area contributed by atoms with Gasteiger partial charge in [-0.05, 0) is 32.1 Å². The summed E-state index contributed by atoms with van der Waals surface area (Å²) in [6.45, 7) is 2.63. The van der Waals surface area contributed by atoms with Gasteiger partial charge in [0.15, 0.2) is 0 Å². The van der Waals surface area contributed by atoms with Gasteiger partial charge in [-0.15, -0.1) is 0 Å². The molecule has 0 aromatic heterocycles. The first-order valence-corrected chi connectivity index (χ1v) is 10.7. The molecule has 4 nitrogen and oxygen atoms in total. The number of hydrogen-bond donors (Lipinski definition) is 0. The lowest BCUT2D eigenvalue weighted by Gasteiger charge is -2.42. The third kappa shape index (κ3) is 6.99. The Labute approximate surface area is 153 Å². The van der Waals surface area contributed by atoms with E-state index < -0.39 is 0 Å². The van der Waals surface area contributed by atoms with Crippen LogP contribution < -0.4 is 0 Å². The number of amides is 1. The maximum atomic E-state index is 12.9. The Morgan fingerprint density at radius 3 is 1.92 bits per heavy atom. The number of esters is 1. The second kappa shape index (κ2) is 11.5. The van der Waals surface area contributed by atoms with Crippen LogP contribution in [0.4, 0.5) is 0 Å². The normalized spacial score (nSPS) is 19.6. The van der Waals surface area contributed by atoms with Crippen molar-refractivity contribution in [3.63, 3.8) is 0 Å². The molecule has 0 aromatic carbocycles. The monoisotopic (exact) mass is 351 g/mol. The van der Waals surface area contributed by atoms with Crippen LogP contribution in [0.15, 0.2) is 0 Å². The first-order valence-electron chi connectivity index (χ1n) is 10.7. The van der Waals surface area contributed by atoms with E-state index in [2.05, 4.69) is 11.8 Å². The van der Waals surface area contributed by atoms with Crippen molar-refractivity contribution in [2.45, 2.75) is 115 Å². The Hall–Kier alpha value is -1.06. The molecule has 2 aliphatic carbocycles. The Morgan fingerprint density at radius 1 is 0.840 bits per heavy atom. The Morgan fingerprint density at radius 2 is 1.40 bits per heavy atom. The van der Waals surface area contributed by atoms with Gasteiger partial charge in [-0.3, -0.25) is 9.59 Å². The Balaban J connectivity index is 1.83. The quantitative estimate of drug-likeness (QED) is 0.434. The molecule has 2 rings (SSSR count). The lowest BCUT2D eigenvalue weighted by atomic mass is 9.88. The number of ether oxygens (including phenoxy) is 1. The van der Waals surface area contributed by atoms with E-state index in [9.17, 15) is 9.59 Å². The fraction of sp³-hybridized carbons (Fsp3) is 0.905. The molecule has 0 unspecified atom stereocenters. The van der Waals surface area contributed by atoms with Gasteiger partial charge in [0, 0.05) is 18.5 Å². The van der Waals surface area contributed by atoms with Crippen LogP contribution in [-0.2, 0) is 14.3 Å². The number of carbonyl (C=O) groups is 2. The van der Waals surface area contributed by atoms with Gasteiger partial charge in [-0.2, -0.15) is 0 Å².